The fourth-order valence-electron chi connectivity index (χ4n) is 3.36. The van der Waals surface area contributed by atoms with Crippen LogP contribution >= 0.6 is 0 Å². The monoisotopic (exact) mass is 361 g/mol. The van der Waals surface area contributed by atoms with Gasteiger partial charge < -0.3 is 20.7 Å². The highest BCUT2D eigenvalue weighted by atomic mass is 16.5. The van der Waals surface area contributed by atoms with Gasteiger partial charge in [-0.3, -0.25) is 4.79 Å². The zero-order valence-electron chi connectivity index (χ0n) is 16.1. The van der Waals surface area contributed by atoms with Crippen LogP contribution in [-0.2, 0) is 4.79 Å². The van der Waals surface area contributed by atoms with Crippen molar-refractivity contribution in [3.05, 3.63) is 29.3 Å². The van der Waals surface area contributed by atoms with Crippen molar-refractivity contribution in [1.29, 1.82) is 0 Å². The maximum Gasteiger partial charge on any atom is 0.315 e. The van der Waals surface area contributed by atoms with E-state index in [9.17, 15) is 9.59 Å². The Labute approximate surface area is 156 Å². The van der Waals surface area contributed by atoms with Crippen LogP contribution in [0.2, 0.25) is 0 Å². The number of amides is 3. The Morgan fingerprint density at radius 2 is 1.96 bits per heavy atom. The molecular formula is C20H31N3O3. The summed E-state index contributed by atoms with van der Waals surface area (Å²) in [5, 5.41) is 8.71. The first kappa shape index (κ1) is 20.1. The molecule has 0 unspecified atom stereocenters. The van der Waals surface area contributed by atoms with E-state index in [0.29, 0.717) is 6.54 Å². The van der Waals surface area contributed by atoms with E-state index in [1.165, 1.54) is 19.3 Å². The van der Waals surface area contributed by atoms with Crippen LogP contribution in [0.25, 0.3) is 0 Å². The third-order valence-electron chi connectivity index (χ3n) is 4.81. The zero-order valence-corrected chi connectivity index (χ0v) is 16.1. The van der Waals surface area contributed by atoms with E-state index in [0.717, 1.165) is 29.7 Å². The average Bonchev–Trinajstić information content (AvgIpc) is 2.62. The summed E-state index contributed by atoms with van der Waals surface area (Å²) < 4.78 is 5.37. The highest BCUT2D eigenvalue weighted by Crippen LogP contribution is 2.26. The number of hydrogen-bond acceptors (Lipinski definition) is 3. The van der Waals surface area contributed by atoms with Crippen LogP contribution in [0.4, 0.5) is 4.79 Å². The molecule has 3 amide bonds. The van der Waals surface area contributed by atoms with Gasteiger partial charge in [0, 0.05) is 24.6 Å². The quantitative estimate of drug-likeness (QED) is 0.698. The maximum atomic E-state index is 12.2. The highest BCUT2D eigenvalue weighted by Gasteiger charge is 2.16. The van der Waals surface area contributed by atoms with Crippen LogP contribution in [0.15, 0.2) is 18.2 Å². The van der Waals surface area contributed by atoms with Gasteiger partial charge in [0.15, 0.2) is 0 Å². The summed E-state index contributed by atoms with van der Waals surface area (Å²) >= 11 is 0. The molecule has 0 bridgehead atoms. The molecule has 1 saturated carbocycles. The highest BCUT2D eigenvalue weighted by molar-refractivity contribution is 5.78. The summed E-state index contributed by atoms with van der Waals surface area (Å²) in [6, 6.07) is 5.83. The molecule has 0 heterocycles. The number of ether oxygens (including phenoxy) is 1. The second-order valence-corrected chi connectivity index (χ2v) is 7.02. The van der Waals surface area contributed by atoms with Gasteiger partial charge in [-0.05, 0) is 32.8 Å². The normalized spacial score (nSPS) is 15.8. The second-order valence-electron chi connectivity index (χ2n) is 7.02. The largest absolute Gasteiger partial charge is 0.496 e. The molecule has 1 aliphatic carbocycles. The summed E-state index contributed by atoms with van der Waals surface area (Å²) in [5.41, 5.74) is 2.06. The average molecular weight is 361 g/mol. The minimum absolute atomic E-state index is 0.0981. The minimum Gasteiger partial charge on any atom is -0.496 e. The third kappa shape index (κ3) is 6.24. The van der Waals surface area contributed by atoms with Crippen molar-refractivity contribution in [2.75, 3.05) is 13.7 Å². The van der Waals surface area contributed by atoms with Crippen molar-refractivity contribution in [2.45, 2.75) is 64.5 Å². The van der Waals surface area contributed by atoms with E-state index in [2.05, 4.69) is 16.0 Å². The first-order chi connectivity index (χ1) is 12.5. The molecule has 2 rings (SSSR count). The number of methoxy groups -OCH3 is 1. The Morgan fingerprint density at radius 3 is 2.65 bits per heavy atom. The van der Waals surface area contributed by atoms with Gasteiger partial charge in [0.25, 0.3) is 0 Å². The number of carbonyl (C=O) groups is 2. The molecule has 1 fully saturated rings. The van der Waals surface area contributed by atoms with Gasteiger partial charge in [-0.2, -0.15) is 0 Å². The minimum atomic E-state index is -0.182. The molecule has 6 heteroatoms. The van der Waals surface area contributed by atoms with Crippen LogP contribution in [0.1, 0.15) is 62.6 Å². The summed E-state index contributed by atoms with van der Waals surface area (Å²) in [6.45, 7) is 4.26. The first-order valence-corrected chi connectivity index (χ1v) is 9.48. The first-order valence-electron chi connectivity index (χ1n) is 9.48. The lowest BCUT2D eigenvalue weighted by Crippen LogP contribution is -2.43. The number of nitrogens with one attached hydrogen (secondary N) is 3. The predicted molar refractivity (Wildman–Crippen MR) is 102 cm³/mol. The van der Waals surface area contributed by atoms with Gasteiger partial charge in [-0.1, -0.05) is 37.0 Å². The predicted octanol–water partition coefficient (Wildman–Crippen LogP) is 3.20. The van der Waals surface area contributed by atoms with E-state index in [-0.39, 0.29) is 30.4 Å². The number of urea groups is 1. The lowest BCUT2D eigenvalue weighted by atomic mass is 9.96. The van der Waals surface area contributed by atoms with E-state index in [1.807, 2.05) is 32.0 Å². The maximum absolute atomic E-state index is 12.2. The number of benzene rings is 1. The van der Waals surface area contributed by atoms with Crippen molar-refractivity contribution in [1.82, 2.24) is 16.0 Å². The molecule has 0 spiro atoms. The van der Waals surface area contributed by atoms with Gasteiger partial charge in [-0.25, -0.2) is 4.79 Å². The summed E-state index contributed by atoms with van der Waals surface area (Å²) in [4.78, 5) is 24.0. The summed E-state index contributed by atoms with van der Waals surface area (Å²) in [6.07, 6.45) is 5.94. The smallest absolute Gasteiger partial charge is 0.315 e. The third-order valence-corrected chi connectivity index (χ3v) is 4.81. The van der Waals surface area contributed by atoms with Crippen molar-refractivity contribution < 1.29 is 14.3 Å². The number of hydrogen-bond donors (Lipinski definition) is 3. The fraction of sp³-hybridized carbons (Fsp3) is 0.600. The Balaban J connectivity index is 1.72. The van der Waals surface area contributed by atoms with Crippen LogP contribution in [0.5, 0.6) is 5.75 Å². The molecule has 1 aliphatic rings. The van der Waals surface area contributed by atoms with Crippen LogP contribution < -0.4 is 20.7 Å². The van der Waals surface area contributed by atoms with Crippen LogP contribution in [-0.4, -0.2) is 31.6 Å². The Bertz CT molecular complexity index is 612. The Kier molecular flexibility index (Phi) is 7.75. The molecule has 144 valence electrons. The molecule has 1 aromatic rings. The van der Waals surface area contributed by atoms with Gasteiger partial charge in [-0.15, -0.1) is 0 Å². The molecule has 0 radical (unpaired) electrons. The van der Waals surface area contributed by atoms with Gasteiger partial charge in [0.2, 0.25) is 5.91 Å². The molecule has 0 saturated heterocycles. The fourth-order valence-corrected chi connectivity index (χ4v) is 3.36. The Morgan fingerprint density at radius 1 is 1.23 bits per heavy atom. The molecule has 0 aromatic heterocycles. The van der Waals surface area contributed by atoms with E-state index >= 15 is 0 Å². The molecule has 1 aromatic carbocycles. The molecule has 26 heavy (non-hydrogen) atoms. The van der Waals surface area contributed by atoms with Crippen molar-refractivity contribution >= 4 is 11.9 Å². The lowest BCUT2D eigenvalue weighted by molar-refractivity contribution is -0.121. The van der Waals surface area contributed by atoms with E-state index in [4.69, 9.17) is 4.74 Å². The molecular weight excluding hydrogens is 330 g/mol. The molecule has 3 N–H and O–H groups in total. The second kappa shape index (κ2) is 10.0. The van der Waals surface area contributed by atoms with Crippen molar-refractivity contribution in [3.8, 4) is 5.75 Å². The number of rotatable bonds is 7. The van der Waals surface area contributed by atoms with E-state index < -0.39 is 0 Å². The van der Waals surface area contributed by atoms with Gasteiger partial charge in [0.1, 0.15) is 5.75 Å². The number of aryl methyl sites for hydroxylation is 1. The zero-order chi connectivity index (χ0) is 18.9. The number of carbonyl (C=O) groups excluding carboxylic acids is 2. The van der Waals surface area contributed by atoms with Gasteiger partial charge >= 0.3 is 6.03 Å². The molecule has 1 atom stereocenters. The Hall–Kier alpha value is -2.24. The SMILES string of the molecule is COc1ccc(C)cc1[C@H](C)NC(=O)CCNC(=O)NC1CCCCC1. The summed E-state index contributed by atoms with van der Waals surface area (Å²) in [7, 11) is 1.62. The van der Waals surface area contributed by atoms with Gasteiger partial charge in [0.05, 0.1) is 13.2 Å². The van der Waals surface area contributed by atoms with Crippen LogP contribution in [0, 0.1) is 6.92 Å². The van der Waals surface area contributed by atoms with Crippen molar-refractivity contribution in [3.63, 3.8) is 0 Å². The van der Waals surface area contributed by atoms with Crippen LogP contribution in [0.3, 0.4) is 0 Å². The topological polar surface area (TPSA) is 79.5 Å². The lowest BCUT2D eigenvalue weighted by Gasteiger charge is -2.23. The summed E-state index contributed by atoms with van der Waals surface area (Å²) in [5.74, 6) is 0.660. The molecule has 6 nitrogen and oxygen atoms in total. The van der Waals surface area contributed by atoms with Crippen molar-refractivity contribution in [2.24, 2.45) is 0 Å². The standard InChI is InChI=1S/C20H31N3O3/c1-14-9-10-18(26-3)17(13-14)15(2)22-19(24)11-12-21-20(25)23-16-7-5-4-6-8-16/h9-10,13,15-16H,4-8,11-12H2,1-3H3,(H,22,24)(H2,21,23,25)/t15-/m0/s1. The molecule has 0 aliphatic heterocycles. The van der Waals surface area contributed by atoms with E-state index in [1.54, 1.807) is 7.11 Å².